The number of thioether (sulfide) groups is 1. The minimum atomic E-state index is 0.0774. The molecule has 0 bridgehead atoms. The molecular weight excluding hydrogens is 244 g/mol. The molecule has 1 unspecified atom stereocenters. The Hall–Kier alpha value is -1.03. The zero-order valence-electron chi connectivity index (χ0n) is 11.4. The van der Waals surface area contributed by atoms with Crippen molar-refractivity contribution in [2.45, 2.75) is 45.1 Å². The van der Waals surface area contributed by atoms with Crippen molar-refractivity contribution >= 4 is 23.4 Å². The van der Waals surface area contributed by atoms with Crippen LogP contribution in [0.15, 0.2) is 23.4 Å². The number of nitrogens with zero attached hydrogens (tertiary/aromatic N) is 1. The van der Waals surface area contributed by atoms with Gasteiger partial charge in [0.1, 0.15) is 0 Å². The quantitative estimate of drug-likeness (QED) is 0.760. The lowest BCUT2D eigenvalue weighted by Gasteiger charge is -2.10. The van der Waals surface area contributed by atoms with Crippen LogP contribution >= 0.6 is 11.8 Å². The maximum absolute atomic E-state index is 11.8. The third-order valence-corrected chi connectivity index (χ3v) is 3.45. The zero-order chi connectivity index (χ0) is 13.4. The SMILES string of the molecule is CCCC(C)CC(=O)Nc1ccc(SCC)nc1. The van der Waals surface area contributed by atoms with E-state index >= 15 is 0 Å². The third kappa shape index (κ3) is 5.54. The number of pyridine rings is 1. The Bertz CT molecular complexity index is 365. The van der Waals surface area contributed by atoms with Gasteiger partial charge in [0, 0.05) is 6.42 Å². The van der Waals surface area contributed by atoms with Crippen molar-refractivity contribution in [2.75, 3.05) is 11.1 Å². The molecule has 1 aromatic heterocycles. The standard InChI is InChI=1S/C14H22N2OS/c1-4-6-11(3)9-13(17)16-12-7-8-14(15-10-12)18-5-2/h7-8,10-11H,4-6,9H2,1-3H3,(H,16,17). The van der Waals surface area contributed by atoms with Crippen molar-refractivity contribution in [3.63, 3.8) is 0 Å². The predicted molar refractivity (Wildman–Crippen MR) is 78.0 cm³/mol. The summed E-state index contributed by atoms with van der Waals surface area (Å²) in [5.41, 5.74) is 0.782. The van der Waals surface area contributed by atoms with Gasteiger partial charge in [0.2, 0.25) is 5.91 Å². The average Bonchev–Trinajstić information content (AvgIpc) is 2.32. The van der Waals surface area contributed by atoms with E-state index < -0.39 is 0 Å². The predicted octanol–water partition coefficient (Wildman–Crippen LogP) is 3.96. The lowest BCUT2D eigenvalue weighted by atomic mass is 10.0. The Morgan fingerprint density at radius 3 is 2.78 bits per heavy atom. The normalized spacial score (nSPS) is 12.2. The van der Waals surface area contributed by atoms with Crippen molar-refractivity contribution in [1.82, 2.24) is 4.98 Å². The van der Waals surface area contributed by atoms with E-state index in [-0.39, 0.29) is 5.91 Å². The molecule has 3 nitrogen and oxygen atoms in total. The van der Waals surface area contributed by atoms with Gasteiger partial charge in [0.25, 0.3) is 0 Å². The summed E-state index contributed by atoms with van der Waals surface area (Å²) in [6.45, 7) is 6.35. The molecule has 100 valence electrons. The average molecular weight is 266 g/mol. The van der Waals surface area contributed by atoms with Crippen molar-refractivity contribution < 1.29 is 4.79 Å². The van der Waals surface area contributed by atoms with Crippen LogP contribution in [-0.2, 0) is 4.79 Å². The molecule has 1 atom stereocenters. The molecule has 0 aliphatic heterocycles. The van der Waals surface area contributed by atoms with E-state index in [9.17, 15) is 4.79 Å². The first kappa shape index (κ1) is 15.0. The highest BCUT2D eigenvalue weighted by molar-refractivity contribution is 7.99. The minimum absolute atomic E-state index is 0.0774. The number of aromatic nitrogens is 1. The molecule has 0 aliphatic carbocycles. The van der Waals surface area contributed by atoms with E-state index in [4.69, 9.17) is 0 Å². The Morgan fingerprint density at radius 2 is 2.22 bits per heavy atom. The van der Waals surface area contributed by atoms with Crippen LogP contribution < -0.4 is 5.32 Å². The summed E-state index contributed by atoms with van der Waals surface area (Å²) < 4.78 is 0. The number of hydrogen-bond donors (Lipinski definition) is 1. The van der Waals surface area contributed by atoms with Gasteiger partial charge in [0.05, 0.1) is 16.9 Å². The molecule has 1 heterocycles. The summed E-state index contributed by atoms with van der Waals surface area (Å²) in [5, 5.41) is 3.89. The number of rotatable bonds is 7. The van der Waals surface area contributed by atoms with E-state index in [1.807, 2.05) is 12.1 Å². The summed E-state index contributed by atoms with van der Waals surface area (Å²) in [6, 6.07) is 3.85. The summed E-state index contributed by atoms with van der Waals surface area (Å²) >= 11 is 1.70. The fraction of sp³-hybridized carbons (Fsp3) is 0.571. The highest BCUT2D eigenvalue weighted by Crippen LogP contribution is 2.17. The first-order valence-electron chi connectivity index (χ1n) is 6.54. The fourth-order valence-corrected chi connectivity index (χ4v) is 2.40. The second-order valence-electron chi connectivity index (χ2n) is 4.46. The van der Waals surface area contributed by atoms with Crippen LogP contribution in [0.5, 0.6) is 0 Å². The highest BCUT2D eigenvalue weighted by Gasteiger charge is 2.08. The van der Waals surface area contributed by atoms with Crippen LogP contribution in [0.1, 0.15) is 40.0 Å². The van der Waals surface area contributed by atoms with E-state index in [2.05, 4.69) is 31.1 Å². The molecule has 1 aromatic rings. The summed E-state index contributed by atoms with van der Waals surface area (Å²) in [6.07, 6.45) is 4.52. The topological polar surface area (TPSA) is 42.0 Å². The molecule has 0 saturated heterocycles. The smallest absolute Gasteiger partial charge is 0.224 e. The summed E-state index contributed by atoms with van der Waals surface area (Å²) in [5.74, 6) is 1.53. The number of carbonyl (C=O) groups is 1. The number of anilines is 1. The lowest BCUT2D eigenvalue weighted by Crippen LogP contribution is -2.15. The summed E-state index contributed by atoms with van der Waals surface area (Å²) in [4.78, 5) is 16.0. The number of nitrogens with one attached hydrogen (secondary N) is 1. The maximum atomic E-state index is 11.8. The molecule has 18 heavy (non-hydrogen) atoms. The molecule has 0 aromatic carbocycles. The number of carbonyl (C=O) groups excluding carboxylic acids is 1. The minimum Gasteiger partial charge on any atom is -0.325 e. The number of hydrogen-bond acceptors (Lipinski definition) is 3. The molecule has 0 aliphatic rings. The van der Waals surface area contributed by atoms with Crippen molar-refractivity contribution in [1.29, 1.82) is 0 Å². The molecule has 1 amide bonds. The van der Waals surface area contributed by atoms with E-state index in [0.29, 0.717) is 12.3 Å². The van der Waals surface area contributed by atoms with Gasteiger partial charge in [0.15, 0.2) is 0 Å². The van der Waals surface area contributed by atoms with Crippen LogP contribution in [-0.4, -0.2) is 16.6 Å². The van der Waals surface area contributed by atoms with Crippen molar-refractivity contribution in [2.24, 2.45) is 5.92 Å². The second-order valence-corrected chi connectivity index (χ2v) is 5.75. The van der Waals surface area contributed by atoms with Gasteiger partial charge in [-0.3, -0.25) is 4.79 Å². The van der Waals surface area contributed by atoms with Gasteiger partial charge < -0.3 is 5.32 Å². The first-order chi connectivity index (χ1) is 8.65. The molecule has 1 N–H and O–H groups in total. The molecule has 0 fully saturated rings. The largest absolute Gasteiger partial charge is 0.325 e. The van der Waals surface area contributed by atoms with Gasteiger partial charge in [-0.1, -0.05) is 33.6 Å². The first-order valence-corrected chi connectivity index (χ1v) is 7.53. The van der Waals surface area contributed by atoms with Gasteiger partial charge in [-0.15, -0.1) is 11.8 Å². The second kappa shape index (κ2) is 8.14. The van der Waals surface area contributed by atoms with Crippen molar-refractivity contribution in [3.8, 4) is 0 Å². The van der Waals surface area contributed by atoms with Gasteiger partial charge in [-0.25, -0.2) is 4.98 Å². The van der Waals surface area contributed by atoms with Crippen LogP contribution in [0.2, 0.25) is 0 Å². The third-order valence-electron chi connectivity index (χ3n) is 2.63. The van der Waals surface area contributed by atoms with E-state index in [1.54, 1.807) is 18.0 Å². The molecule has 4 heteroatoms. The summed E-state index contributed by atoms with van der Waals surface area (Å²) in [7, 11) is 0. The van der Waals surface area contributed by atoms with Crippen molar-refractivity contribution in [3.05, 3.63) is 18.3 Å². The van der Waals surface area contributed by atoms with Crippen LogP contribution in [0.4, 0.5) is 5.69 Å². The molecule has 0 radical (unpaired) electrons. The Balaban J connectivity index is 2.44. The number of amides is 1. The molecule has 1 rings (SSSR count). The van der Waals surface area contributed by atoms with E-state index in [1.165, 1.54) is 0 Å². The van der Waals surface area contributed by atoms with Crippen LogP contribution in [0.3, 0.4) is 0 Å². The Morgan fingerprint density at radius 1 is 1.44 bits per heavy atom. The van der Waals surface area contributed by atoms with Gasteiger partial charge in [-0.05, 0) is 23.8 Å². The van der Waals surface area contributed by atoms with Gasteiger partial charge >= 0.3 is 0 Å². The maximum Gasteiger partial charge on any atom is 0.224 e. The zero-order valence-corrected chi connectivity index (χ0v) is 12.2. The fourth-order valence-electron chi connectivity index (χ4n) is 1.81. The lowest BCUT2D eigenvalue weighted by molar-refractivity contribution is -0.117. The van der Waals surface area contributed by atoms with Crippen LogP contribution in [0.25, 0.3) is 0 Å². The monoisotopic (exact) mass is 266 g/mol. The Labute approximate surface area is 114 Å². The molecule has 0 saturated carbocycles. The van der Waals surface area contributed by atoms with E-state index in [0.717, 1.165) is 29.3 Å². The van der Waals surface area contributed by atoms with Crippen LogP contribution in [0, 0.1) is 5.92 Å². The molecular formula is C14H22N2OS. The molecule has 0 spiro atoms. The van der Waals surface area contributed by atoms with Gasteiger partial charge in [-0.2, -0.15) is 0 Å². The Kier molecular flexibility index (Phi) is 6.80. The highest BCUT2D eigenvalue weighted by atomic mass is 32.2.